The Morgan fingerprint density at radius 1 is 0.516 bits per heavy atom. The predicted molar refractivity (Wildman–Crippen MR) is 139 cm³/mol. The van der Waals surface area contributed by atoms with Crippen molar-refractivity contribution in [2.24, 2.45) is 0 Å². The van der Waals surface area contributed by atoms with E-state index in [1.165, 1.54) is 31.0 Å². The van der Waals surface area contributed by atoms with E-state index in [2.05, 4.69) is 133 Å². The molecule has 2 heteroatoms. The van der Waals surface area contributed by atoms with Crippen molar-refractivity contribution in [2.75, 3.05) is 0 Å². The third-order valence-corrected chi connectivity index (χ3v) is 11.7. The topological polar surface area (TPSA) is 0 Å². The Morgan fingerprint density at radius 3 is 1.52 bits per heavy atom. The van der Waals surface area contributed by atoms with E-state index < -0.39 is 7.26 Å². The number of hydrogen-bond acceptors (Lipinski definition) is 1. The molecule has 0 unspecified atom stereocenters. The van der Waals surface area contributed by atoms with Crippen LogP contribution >= 0.6 is 19.0 Å². The zero-order valence-electron chi connectivity index (χ0n) is 17.3. The molecule has 0 saturated carbocycles. The first-order chi connectivity index (χ1) is 15.4. The molecule has 1 aliphatic carbocycles. The van der Waals surface area contributed by atoms with E-state index in [0.717, 1.165) is 6.42 Å². The third-order valence-electron chi connectivity index (χ3n) is 5.88. The van der Waals surface area contributed by atoms with Crippen LogP contribution in [0.2, 0.25) is 0 Å². The molecule has 4 aromatic carbocycles. The van der Waals surface area contributed by atoms with Crippen LogP contribution in [0.15, 0.2) is 149 Å². The van der Waals surface area contributed by atoms with Gasteiger partial charge in [-0.3, -0.25) is 0 Å². The third kappa shape index (κ3) is 3.92. The second-order valence-electron chi connectivity index (χ2n) is 7.72. The first-order valence-corrected chi connectivity index (χ1v) is 13.5. The molecule has 1 aliphatic rings. The van der Waals surface area contributed by atoms with Crippen LogP contribution in [0.1, 0.15) is 6.42 Å². The Labute approximate surface area is 189 Å². The first-order valence-electron chi connectivity index (χ1n) is 10.7. The van der Waals surface area contributed by atoms with E-state index in [9.17, 15) is 0 Å². The van der Waals surface area contributed by atoms with Crippen molar-refractivity contribution in [1.82, 2.24) is 0 Å². The fourth-order valence-corrected chi connectivity index (χ4v) is 10.2. The van der Waals surface area contributed by atoms with Gasteiger partial charge in [0.25, 0.3) is 0 Å². The molecule has 0 bridgehead atoms. The van der Waals surface area contributed by atoms with Crippen molar-refractivity contribution >= 4 is 34.9 Å². The van der Waals surface area contributed by atoms with Gasteiger partial charge in [0.15, 0.2) is 0 Å². The van der Waals surface area contributed by atoms with Crippen molar-refractivity contribution in [1.29, 1.82) is 0 Å². The zero-order valence-corrected chi connectivity index (χ0v) is 19.1. The SMILES string of the molecule is C1=CC([PH](c2ccccc2)(c2ccccc2)c2ccc(Sc3ccccc3)cc2)=CC1. The van der Waals surface area contributed by atoms with E-state index in [1.807, 2.05) is 11.8 Å². The Balaban J connectivity index is 1.67. The summed E-state index contributed by atoms with van der Waals surface area (Å²) in [4.78, 5) is 2.54. The number of rotatable bonds is 6. The number of benzene rings is 4. The van der Waals surface area contributed by atoms with Crippen LogP contribution in [0.4, 0.5) is 0 Å². The summed E-state index contributed by atoms with van der Waals surface area (Å²) in [5.74, 6) is 0. The van der Waals surface area contributed by atoms with Crippen molar-refractivity contribution in [2.45, 2.75) is 16.2 Å². The molecular formula is C29H25PS. The van der Waals surface area contributed by atoms with Crippen molar-refractivity contribution in [3.63, 3.8) is 0 Å². The molecule has 0 radical (unpaired) electrons. The maximum absolute atomic E-state index is 2.43. The summed E-state index contributed by atoms with van der Waals surface area (Å²) in [6, 6.07) is 42.1. The Morgan fingerprint density at radius 2 is 1.00 bits per heavy atom. The second-order valence-corrected chi connectivity index (χ2v) is 12.7. The molecule has 0 atom stereocenters. The summed E-state index contributed by atoms with van der Waals surface area (Å²) >= 11 is 1.82. The van der Waals surface area contributed by atoms with Gasteiger partial charge in [-0.05, 0) is 0 Å². The van der Waals surface area contributed by atoms with Crippen LogP contribution in [0.3, 0.4) is 0 Å². The summed E-state index contributed by atoms with van der Waals surface area (Å²) in [5, 5.41) is 5.78. The van der Waals surface area contributed by atoms with E-state index in [1.54, 1.807) is 0 Å². The second kappa shape index (κ2) is 9.10. The number of hydrogen-bond donors (Lipinski definition) is 0. The minimum atomic E-state index is -2.34. The molecule has 0 saturated heterocycles. The standard InChI is InChI=1S/C29H25PS/c1-4-12-24(13-5-1)30(26-16-10-11-17-26,25-14-6-2-7-15-25)27-20-22-29(23-21-27)31-28-18-8-3-9-19-28/h1-10,12-23,30H,11H2. The molecule has 0 nitrogen and oxygen atoms in total. The Bertz CT molecular complexity index is 1150. The van der Waals surface area contributed by atoms with Gasteiger partial charge >= 0.3 is 190 Å². The molecule has 0 amide bonds. The molecule has 31 heavy (non-hydrogen) atoms. The molecule has 0 aliphatic heterocycles. The van der Waals surface area contributed by atoms with E-state index in [4.69, 9.17) is 0 Å². The minimum absolute atomic E-state index is 1.02. The molecule has 0 spiro atoms. The summed E-state index contributed by atoms with van der Waals surface area (Å²) in [6.07, 6.45) is 8.10. The van der Waals surface area contributed by atoms with Crippen LogP contribution in [-0.2, 0) is 0 Å². The van der Waals surface area contributed by atoms with Gasteiger partial charge < -0.3 is 0 Å². The molecule has 0 N–H and O–H groups in total. The average Bonchev–Trinajstić information content (AvgIpc) is 3.38. The van der Waals surface area contributed by atoms with E-state index in [0.29, 0.717) is 0 Å². The normalized spacial score (nSPS) is 13.7. The molecule has 0 heterocycles. The van der Waals surface area contributed by atoms with Crippen LogP contribution in [-0.4, -0.2) is 0 Å². The molecule has 0 fully saturated rings. The summed E-state index contributed by atoms with van der Waals surface area (Å²) in [5.41, 5.74) is 0. The van der Waals surface area contributed by atoms with Gasteiger partial charge in [0, 0.05) is 0 Å². The van der Waals surface area contributed by atoms with Gasteiger partial charge in [-0.2, -0.15) is 0 Å². The van der Waals surface area contributed by atoms with Gasteiger partial charge in [-0.1, -0.05) is 0 Å². The van der Waals surface area contributed by atoms with Crippen LogP contribution < -0.4 is 15.9 Å². The summed E-state index contributed by atoms with van der Waals surface area (Å²) < 4.78 is 0. The fourth-order valence-electron chi connectivity index (χ4n) is 4.51. The van der Waals surface area contributed by atoms with Crippen LogP contribution in [0.25, 0.3) is 0 Å². The summed E-state index contributed by atoms with van der Waals surface area (Å²) in [7, 11) is -2.34. The zero-order chi connectivity index (χ0) is 20.9. The maximum atomic E-state index is 2.43. The number of allylic oxidation sites excluding steroid dienone is 4. The van der Waals surface area contributed by atoms with Gasteiger partial charge in [0.2, 0.25) is 0 Å². The fraction of sp³-hybridized carbons (Fsp3) is 0.0345. The molecular weight excluding hydrogens is 411 g/mol. The quantitative estimate of drug-likeness (QED) is 0.303. The molecule has 0 aromatic heterocycles. The predicted octanol–water partition coefficient (Wildman–Crippen LogP) is 6.71. The van der Waals surface area contributed by atoms with Crippen LogP contribution in [0, 0.1) is 0 Å². The van der Waals surface area contributed by atoms with Crippen molar-refractivity contribution < 1.29 is 0 Å². The van der Waals surface area contributed by atoms with Crippen molar-refractivity contribution in [3.05, 3.63) is 139 Å². The van der Waals surface area contributed by atoms with Gasteiger partial charge in [-0.25, -0.2) is 0 Å². The van der Waals surface area contributed by atoms with Gasteiger partial charge in [0.1, 0.15) is 0 Å². The first kappa shape index (κ1) is 20.1. The summed E-state index contributed by atoms with van der Waals surface area (Å²) in [6.45, 7) is 0. The van der Waals surface area contributed by atoms with E-state index in [-0.39, 0.29) is 0 Å². The van der Waals surface area contributed by atoms with Crippen molar-refractivity contribution in [3.8, 4) is 0 Å². The van der Waals surface area contributed by atoms with Gasteiger partial charge in [0.05, 0.1) is 0 Å². The molecule has 152 valence electrons. The Hall–Kier alpha value is -2.86. The van der Waals surface area contributed by atoms with E-state index >= 15 is 0 Å². The van der Waals surface area contributed by atoms with Crippen LogP contribution in [0.5, 0.6) is 0 Å². The average molecular weight is 437 g/mol. The molecule has 5 rings (SSSR count). The molecule has 4 aromatic rings. The van der Waals surface area contributed by atoms with Gasteiger partial charge in [-0.15, -0.1) is 0 Å². The monoisotopic (exact) mass is 436 g/mol. The Kier molecular flexibility index (Phi) is 5.89.